The summed E-state index contributed by atoms with van der Waals surface area (Å²) in [6, 6.07) is 0.699. The lowest BCUT2D eigenvalue weighted by molar-refractivity contribution is -0.144. The minimum atomic E-state index is -1.91. The zero-order valence-corrected chi connectivity index (χ0v) is 41.3. The van der Waals surface area contributed by atoms with Crippen LogP contribution in [0, 0.1) is 11.8 Å². The average Bonchev–Trinajstić information content (AvgIpc) is 3.31. The Balaban J connectivity index is 2.67. The summed E-state index contributed by atoms with van der Waals surface area (Å²) in [5.41, 5.74) is 23.0. The van der Waals surface area contributed by atoms with Crippen LogP contribution in [0.2, 0.25) is 0 Å². The maximum Gasteiger partial charge on any atom is 0.326 e. The van der Waals surface area contributed by atoms with Crippen LogP contribution in [0.5, 0.6) is 0 Å². The summed E-state index contributed by atoms with van der Waals surface area (Å²) in [5, 5.41) is 37.1. The maximum atomic E-state index is 14.3. The van der Waals surface area contributed by atoms with Crippen LogP contribution in [0.15, 0.2) is 76.4 Å². The summed E-state index contributed by atoms with van der Waals surface area (Å²) in [6.45, 7) is 9.91. The molecule has 1 fully saturated rings. The number of allylic oxidation sites excluding steroid dienone is 2. The van der Waals surface area contributed by atoms with Crippen molar-refractivity contribution in [3.8, 4) is 0 Å². The van der Waals surface area contributed by atoms with Gasteiger partial charge < -0.3 is 75.1 Å². The molecule has 0 bridgehead atoms. The van der Waals surface area contributed by atoms with E-state index >= 15 is 0 Å². The Labute approximate surface area is 417 Å². The number of benzene rings is 1. The number of rotatable bonds is 17. The SMILES string of the molecule is C=C1NC(=O)CC[C@H](C(=O)O)NC(=O)[C@@H](C)C(/C=C/C(C)=C/[C@H](C)[C@H](Cc2ccccc2)OC)NC(=O)C(CCCN=C(N)N)NC(=O)CC(C(=O)O)NC(=O)[C@H](CCCN=C(N)N)NC(=O)[C@@H](C)NC1=O. The summed E-state index contributed by atoms with van der Waals surface area (Å²) in [6.07, 6.45) is 3.46. The zero-order valence-electron chi connectivity index (χ0n) is 41.3. The molecule has 25 nitrogen and oxygen atoms in total. The lowest BCUT2D eigenvalue weighted by Crippen LogP contribution is -2.56. The summed E-state index contributed by atoms with van der Waals surface area (Å²) < 4.78 is 5.80. The van der Waals surface area contributed by atoms with Crippen molar-refractivity contribution in [3.63, 3.8) is 0 Å². The van der Waals surface area contributed by atoms with E-state index < -0.39 is 120 Å². The van der Waals surface area contributed by atoms with E-state index in [1.165, 1.54) is 19.9 Å². The number of aliphatic imine (C=N–C) groups is 2. The molecule has 1 heterocycles. The Kier molecular flexibility index (Phi) is 25.7. The molecule has 1 aromatic rings. The summed E-state index contributed by atoms with van der Waals surface area (Å²) in [4.78, 5) is 127. The smallest absolute Gasteiger partial charge is 0.326 e. The van der Waals surface area contributed by atoms with E-state index in [0.29, 0.717) is 12.0 Å². The molecule has 1 aliphatic rings. The molecule has 1 aliphatic heterocycles. The number of guanidine groups is 2. The van der Waals surface area contributed by atoms with Crippen LogP contribution in [-0.2, 0) is 54.3 Å². The largest absolute Gasteiger partial charge is 0.480 e. The molecule has 9 atom stereocenters. The van der Waals surface area contributed by atoms with E-state index in [1.807, 2.05) is 43.3 Å². The van der Waals surface area contributed by atoms with Crippen molar-refractivity contribution in [1.82, 2.24) is 37.2 Å². The summed E-state index contributed by atoms with van der Waals surface area (Å²) >= 11 is 0. The van der Waals surface area contributed by atoms with Gasteiger partial charge in [-0.05, 0) is 57.9 Å². The van der Waals surface area contributed by atoms with Crippen molar-refractivity contribution < 1.29 is 58.1 Å². The predicted octanol–water partition coefficient (Wildman–Crippen LogP) is -1.96. The van der Waals surface area contributed by atoms with Gasteiger partial charge in [-0.25, -0.2) is 9.59 Å². The number of aliphatic carboxylic acids is 2. The van der Waals surface area contributed by atoms with Crippen LogP contribution >= 0.6 is 0 Å². The standard InChI is InChI=1S/C47H71N13O12/c1-25(22-26(2)36(72-6)23-30-12-8-7-9-13-30)16-17-31-27(3)39(63)59-34(44(68)69)18-19-37(61)54-28(4)40(64)55-29(5)41(65)58-33(15-11-21-53-47(50)51)43(67)60-35(45(70)71)24-38(62)56-32(42(66)57-31)14-10-20-52-46(48)49/h7-9,12-13,16-17,22,26-27,29,31-36H,4,10-11,14-15,18-21,23-24H2,1-3,5-6H3,(H,54,61)(H,55,64)(H,56,62)(H,57,66)(H,58,65)(H,59,63)(H,60,67)(H,68,69)(H,70,71)(H4,48,49,52)(H4,50,51,53)/b17-16+,25-22+/t26-,27-,29+,31?,32?,33-,34+,35?,36-/m0/s1. The third-order valence-electron chi connectivity index (χ3n) is 11.3. The molecule has 0 radical (unpaired) electrons. The van der Waals surface area contributed by atoms with Gasteiger partial charge in [-0.2, -0.15) is 0 Å². The minimum absolute atomic E-state index is 0.00241. The number of carboxylic acids is 2. The van der Waals surface area contributed by atoms with Gasteiger partial charge in [0.2, 0.25) is 35.4 Å². The van der Waals surface area contributed by atoms with Gasteiger partial charge in [0.05, 0.1) is 30.2 Å². The molecule has 0 aromatic heterocycles. The van der Waals surface area contributed by atoms with Crippen molar-refractivity contribution >= 4 is 65.2 Å². The molecule has 17 N–H and O–H groups in total. The van der Waals surface area contributed by atoms with Crippen molar-refractivity contribution in [2.24, 2.45) is 44.8 Å². The van der Waals surface area contributed by atoms with Crippen LogP contribution in [0.1, 0.15) is 78.2 Å². The molecule has 25 heteroatoms. The highest BCUT2D eigenvalue weighted by Crippen LogP contribution is 2.18. The van der Waals surface area contributed by atoms with Gasteiger partial charge in [-0.15, -0.1) is 0 Å². The van der Waals surface area contributed by atoms with Gasteiger partial charge in [0.15, 0.2) is 11.9 Å². The first-order valence-electron chi connectivity index (χ1n) is 23.2. The van der Waals surface area contributed by atoms with Gasteiger partial charge in [0, 0.05) is 32.5 Å². The Morgan fingerprint density at radius 2 is 1.33 bits per heavy atom. The number of amides is 7. The van der Waals surface area contributed by atoms with E-state index in [4.69, 9.17) is 27.7 Å². The van der Waals surface area contributed by atoms with Crippen LogP contribution in [0.25, 0.3) is 0 Å². The second-order valence-electron chi connectivity index (χ2n) is 17.3. The molecule has 7 amide bonds. The molecule has 0 aliphatic carbocycles. The van der Waals surface area contributed by atoms with Crippen LogP contribution in [0.4, 0.5) is 0 Å². The Morgan fingerprint density at radius 3 is 1.89 bits per heavy atom. The number of hydrogen-bond acceptors (Lipinski definition) is 12. The first kappa shape index (κ1) is 60.3. The number of nitrogens with zero attached hydrogens (tertiary/aromatic N) is 2. The fourth-order valence-corrected chi connectivity index (χ4v) is 7.16. The average molecular weight is 1010 g/mol. The zero-order chi connectivity index (χ0) is 54.1. The van der Waals surface area contributed by atoms with E-state index in [9.17, 15) is 53.4 Å². The van der Waals surface area contributed by atoms with Crippen molar-refractivity contribution in [3.05, 3.63) is 72.0 Å². The molecule has 3 unspecified atom stereocenters. The number of nitrogens with one attached hydrogen (secondary N) is 7. The Hall–Kier alpha value is -7.83. The molecule has 0 spiro atoms. The third kappa shape index (κ3) is 22.3. The topological polar surface area (TPSA) is 416 Å². The molecule has 2 rings (SSSR count). The van der Waals surface area contributed by atoms with E-state index in [0.717, 1.165) is 5.56 Å². The molecule has 1 saturated heterocycles. The van der Waals surface area contributed by atoms with E-state index in [-0.39, 0.29) is 62.7 Å². The van der Waals surface area contributed by atoms with Gasteiger partial charge >= 0.3 is 11.9 Å². The van der Waals surface area contributed by atoms with Crippen molar-refractivity contribution in [2.45, 2.75) is 121 Å². The normalized spacial score (nSPS) is 23.7. The number of carbonyl (C=O) groups excluding carboxylic acids is 7. The minimum Gasteiger partial charge on any atom is -0.480 e. The maximum absolute atomic E-state index is 14.3. The van der Waals surface area contributed by atoms with Crippen molar-refractivity contribution in [2.75, 3.05) is 20.2 Å². The first-order valence-corrected chi connectivity index (χ1v) is 23.2. The number of nitrogens with two attached hydrogens (primary N) is 4. The lowest BCUT2D eigenvalue weighted by atomic mass is 9.94. The second kappa shape index (κ2) is 30.7. The lowest BCUT2D eigenvalue weighted by Gasteiger charge is -2.27. The van der Waals surface area contributed by atoms with Crippen LogP contribution in [0.3, 0.4) is 0 Å². The van der Waals surface area contributed by atoms with Crippen molar-refractivity contribution in [1.29, 1.82) is 0 Å². The predicted molar refractivity (Wildman–Crippen MR) is 266 cm³/mol. The Bertz CT molecular complexity index is 2210. The number of carbonyl (C=O) groups is 9. The fraction of sp³-hybridized carbons (Fsp3) is 0.511. The van der Waals surface area contributed by atoms with Crippen LogP contribution in [-0.4, -0.2) is 138 Å². The summed E-state index contributed by atoms with van der Waals surface area (Å²) in [5.74, 6) is -11.6. The molecular formula is C47H71N13O12. The van der Waals surface area contributed by atoms with Gasteiger partial charge in [-0.1, -0.05) is 74.6 Å². The molecular weight excluding hydrogens is 939 g/mol. The number of ether oxygens (including phenoxy) is 1. The number of methoxy groups -OCH3 is 1. The molecule has 72 heavy (non-hydrogen) atoms. The van der Waals surface area contributed by atoms with Gasteiger partial charge in [0.25, 0.3) is 5.91 Å². The highest BCUT2D eigenvalue weighted by atomic mass is 16.5. The van der Waals surface area contributed by atoms with Gasteiger partial charge in [-0.3, -0.25) is 43.5 Å². The van der Waals surface area contributed by atoms with E-state index in [2.05, 4.69) is 53.8 Å². The monoisotopic (exact) mass is 1010 g/mol. The summed E-state index contributed by atoms with van der Waals surface area (Å²) in [7, 11) is 1.60. The highest BCUT2D eigenvalue weighted by Gasteiger charge is 2.34. The number of hydrogen-bond donors (Lipinski definition) is 13. The quantitative estimate of drug-likeness (QED) is 0.0265. The van der Waals surface area contributed by atoms with E-state index in [1.54, 1.807) is 20.1 Å². The first-order chi connectivity index (χ1) is 33.9. The van der Waals surface area contributed by atoms with Gasteiger partial charge in [0.1, 0.15) is 30.2 Å². The molecule has 1 aromatic carbocycles. The fourth-order valence-electron chi connectivity index (χ4n) is 7.16. The second-order valence-corrected chi connectivity index (χ2v) is 17.3. The van der Waals surface area contributed by atoms with Crippen LogP contribution < -0.4 is 60.2 Å². The highest BCUT2D eigenvalue weighted by molar-refractivity contribution is 6.00. The Morgan fingerprint density at radius 1 is 0.778 bits per heavy atom. The third-order valence-corrected chi connectivity index (χ3v) is 11.3. The number of carboxylic acid groups (broad SMARTS) is 2. The molecule has 0 saturated carbocycles. The molecule has 396 valence electrons.